The van der Waals surface area contributed by atoms with Crippen LogP contribution in [0.25, 0.3) is 0 Å². The molecule has 1 heterocycles. The van der Waals surface area contributed by atoms with Crippen LogP contribution in [0.4, 0.5) is 17.1 Å². The topological polar surface area (TPSA) is 57.7 Å². The maximum absolute atomic E-state index is 12.7. The highest BCUT2D eigenvalue weighted by Gasteiger charge is 2.33. The average molecular weight is 336 g/mol. The van der Waals surface area contributed by atoms with E-state index in [4.69, 9.17) is 0 Å². The van der Waals surface area contributed by atoms with Gasteiger partial charge in [-0.15, -0.1) is 0 Å². The molecule has 5 nitrogen and oxygen atoms in total. The third-order valence-electron chi connectivity index (χ3n) is 4.24. The molecule has 0 radical (unpaired) electrons. The molecule has 0 unspecified atom stereocenters. The molecule has 1 aliphatic heterocycles. The van der Waals surface area contributed by atoms with E-state index < -0.39 is 0 Å². The minimum atomic E-state index is -0.357. The Hall–Kier alpha value is -2.95. The first-order chi connectivity index (χ1) is 12.0. The number of hydrogen-bond acceptors (Lipinski definition) is 3. The molecule has 0 spiro atoms. The van der Waals surface area contributed by atoms with Gasteiger partial charge in [-0.3, -0.25) is 19.3 Å². The predicted octanol–water partition coefficient (Wildman–Crippen LogP) is 3.31. The van der Waals surface area contributed by atoms with Gasteiger partial charge in [0, 0.05) is 11.6 Å². The van der Waals surface area contributed by atoms with Crippen molar-refractivity contribution in [3.63, 3.8) is 0 Å². The van der Waals surface area contributed by atoms with Crippen LogP contribution < -0.4 is 9.80 Å². The number of carbonyl (C=O) groups excluding carboxylic acids is 3. The molecule has 3 rings (SSSR count). The first-order valence-corrected chi connectivity index (χ1v) is 8.29. The van der Waals surface area contributed by atoms with Crippen molar-refractivity contribution in [1.82, 2.24) is 0 Å². The lowest BCUT2D eigenvalue weighted by atomic mass is 10.1. The summed E-state index contributed by atoms with van der Waals surface area (Å²) < 4.78 is 0. The van der Waals surface area contributed by atoms with Gasteiger partial charge in [0.25, 0.3) is 0 Å². The van der Waals surface area contributed by atoms with Crippen LogP contribution in [0, 0.1) is 5.92 Å². The fourth-order valence-corrected chi connectivity index (χ4v) is 2.83. The monoisotopic (exact) mass is 336 g/mol. The van der Waals surface area contributed by atoms with Gasteiger partial charge in [0.15, 0.2) is 5.78 Å². The zero-order chi connectivity index (χ0) is 18.0. The summed E-state index contributed by atoms with van der Waals surface area (Å²) >= 11 is 0. The molecule has 0 saturated carbocycles. The second-order valence-corrected chi connectivity index (χ2v) is 6.33. The molecule has 25 heavy (non-hydrogen) atoms. The molecule has 128 valence electrons. The molecule has 0 bridgehead atoms. The third-order valence-corrected chi connectivity index (χ3v) is 4.24. The summed E-state index contributed by atoms with van der Waals surface area (Å²) in [4.78, 5) is 40.6. The largest absolute Gasteiger partial charge is 0.302 e. The van der Waals surface area contributed by atoms with Gasteiger partial charge in [0.2, 0.25) is 11.8 Å². The van der Waals surface area contributed by atoms with Gasteiger partial charge >= 0.3 is 0 Å². The van der Waals surface area contributed by atoms with E-state index in [0.29, 0.717) is 17.1 Å². The third kappa shape index (κ3) is 3.31. The highest BCUT2D eigenvalue weighted by atomic mass is 16.2. The van der Waals surface area contributed by atoms with Crippen LogP contribution in [0.2, 0.25) is 0 Å². The first-order valence-electron chi connectivity index (χ1n) is 8.29. The Morgan fingerprint density at radius 1 is 0.920 bits per heavy atom. The molecule has 0 aromatic heterocycles. The molecule has 2 aromatic rings. The van der Waals surface area contributed by atoms with Crippen LogP contribution in [0.5, 0.6) is 0 Å². The van der Waals surface area contributed by atoms with Gasteiger partial charge < -0.3 is 4.90 Å². The summed E-state index contributed by atoms with van der Waals surface area (Å²) in [7, 11) is 0. The zero-order valence-electron chi connectivity index (χ0n) is 14.3. The van der Waals surface area contributed by atoms with E-state index in [9.17, 15) is 14.4 Å². The summed E-state index contributed by atoms with van der Waals surface area (Å²) in [6, 6.07) is 16.4. The van der Waals surface area contributed by atoms with Crippen molar-refractivity contribution in [3.8, 4) is 0 Å². The normalized spacial score (nSPS) is 14.5. The number of nitrogens with zero attached hydrogens (tertiary/aromatic N) is 2. The van der Waals surface area contributed by atoms with Gasteiger partial charge in [-0.25, -0.2) is 0 Å². The maximum atomic E-state index is 12.7. The molecule has 0 saturated heterocycles. The molecule has 2 aromatic carbocycles. The second-order valence-electron chi connectivity index (χ2n) is 6.33. The summed E-state index contributed by atoms with van der Waals surface area (Å²) in [5.41, 5.74) is 1.89. The van der Waals surface area contributed by atoms with Crippen LogP contribution in [0.3, 0.4) is 0 Å². The van der Waals surface area contributed by atoms with E-state index in [-0.39, 0.29) is 36.5 Å². The number of Topliss-reactive ketones (excluding diaryl/α,β-unsaturated/α-hetero) is 1. The van der Waals surface area contributed by atoms with E-state index in [1.807, 2.05) is 36.4 Å². The quantitative estimate of drug-likeness (QED) is 0.805. The zero-order valence-corrected chi connectivity index (χ0v) is 14.3. The van der Waals surface area contributed by atoms with Crippen molar-refractivity contribution in [2.75, 3.05) is 16.3 Å². The van der Waals surface area contributed by atoms with E-state index in [2.05, 4.69) is 0 Å². The number of carbonyl (C=O) groups is 3. The van der Waals surface area contributed by atoms with Crippen molar-refractivity contribution < 1.29 is 14.4 Å². The lowest BCUT2D eigenvalue weighted by Crippen LogP contribution is -2.37. The summed E-state index contributed by atoms with van der Waals surface area (Å²) in [5, 5.41) is 0. The number of fused-ring (bicyclic) bond motifs is 1. The molecular weight excluding hydrogens is 316 g/mol. The Bertz CT molecular complexity index is 815. The van der Waals surface area contributed by atoms with Gasteiger partial charge in [0.1, 0.15) is 6.42 Å². The van der Waals surface area contributed by atoms with Crippen molar-refractivity contribution in [2.45, 2.75) is 20.3 Å². The van der Waals surface area contributed by atoms with Gasteiger partial charge in [-0.1, -0.05) is 44.2 Å². The minimum Gasteiger partial charge on any atom is -0.302 e. The van der Waals surface area contributed by atoms with E-state index in [1.165, 1.54) is 4.90 Å². The van der Waals surface area contributed by atoms with Crippen molar-refractivity contribution >= 4 is 34.7 Å². The standard InChI is InChI=1S/C20H20N2O3/c1-14(2)18(23)13-21-16-10-6-7-11-17(16)22(20(25)12-19(21)24)15-8-4-3-5-9-15/h3-11,14H,12-13H2,1-2H3. The highest BCUT2D eigenvalue weighted by molar-refractivity contribution is 6.19. The maximum Gasteiger partial charge on any atom is 0.241 e. The molecule has 0 atom stereocenters. The molecular formula is C20H20N2O3. The molecule has 2 amide bonds. The number of hydrogen-bond donors (Lipinski definition) is 0. The van der Waals surface area contributed by atoms with Gasteiger partial charge in [-0.05, 0) is 24.3 Å². The predicted molar refractivity (Wildman–Crippen MR) is 96.8 cm³/mol. The lowest BCUT2D eigenvalue weighted by Gasteiger charge is -2.25. The molecule has 0 N–H and O–H groups in total. The summed E-state index contributed by atoms with van der Waals surface area (Å²) in [5.74, 6) is -0.874. The van der Waals surface area contributed by atoms with Crippen LogP contribution in [-0.4, -0.2) is 24.1 Å². The van der Waals surface area contributed by atoms with Crippen LogP contribution >= 0.6 is 0 Å². The second kappa shape index (κ2) is 6.89. The van der Waals surface area contributed by atoms with Gasteiger partial charge in [-0.2, -0.15) is 0 Å². The number of amides is 2. The Labute approximate surface area is 146 Å². The Morgan fingerprint density at radius 2 is 1.52 bits per heavy atom. The van der Waals surface area contributed by atoms with Crippen LogP contribution in [0.1, 0.15) is 20.3 Å². The number of ketones is 1. The fraction of sp³-hybridized carbons (Fsp3) is 0.250. The van der Waals surface area contributed by atoms with Gasteiger partial charge in [0.05, 0.1) is 17.9 Å². The average Bonchev–Trinajstić information content (AvgIpc) is 2.70. The summed E-state index contributed by atoms with van der Waals surface area (Å²) in [6.45, 7) is 3.58. The van der Waals surface area contributed by atoms with Crippen LogP contribution in [0.15, 0.2) is 54.6 Å². The van der Waals surface area contributed by atoms with Crippen molar-refractivity contribution in [2.24, 2.45) is 5.92 Å². The van der Waals surface area contributed by atoms with Crippen LogP contribution in [-0.2, 0) is 14.4 Å². The number of rotatable bonds is 4. The number of anilines is 3. The van der Waals surface area contributed by atoms with E-state index in [0.717, 1.165) is 0 Å². The first kappa shape index (κ1) is 16.9. The van der Waals surface area contributed by atoms with Crippen molar-refractivity contribution in [3.05, 3.63) is 54.6 Å². The highest BCUT2D eigenvalue weighted by Crippen LogP contribution is 2.37. The Balaban J connectivity index is 2.10. The number of benzene rings is 2. The molecule has 0 aliphatic carbocycles. The smallest absolute Gasteiger partial charge is 0.241 e. The Kier molecular flexibility index (Phi) is 4.65. The molecule has 1 aliphatic rings. The summed E-state index contributed by atoms with van der Waals surface area (Å²) in [6.07, 6.45) is -0.269. The van der Waals surface area contributed by atoms with Crippen molar-refractivity contribution in [1.29, 1.82) is 0 Å². The lowest BCUT2D eigenvalue weighted by molar-refractivity contribution is -0.128. The number of para-hydroxylation sites is 3. The SMILES string of the molecule is CC(C)C(=O)CN1C(=O)CC(=O)N(c2ccccc2)c2ccccc21. The fourth-order valence-electron chi connectivity index (χ4n) is 2.83. The minimum absolute atomic E-state index is 0.0244. The molecule has 0 fully saturated rings. The van der Waals surface area contributed by atoms with E-state index >= 15 is 0 Å². The van der Waals surface area contributed by atoms with E-state index in [1.54, 1.807) is 36.9 Å². The molecule has 5 heteroatoms. The Morgan fingerprint density at radius 3 is 2.16 bits per heavy atom.